The summed E-state index contributed by atoms with van der Waals surface area (Å²) in [6.45, 7) is 0. The minimum atomic E-state index is -3.69. The fourth-order valence-corrected chi connectivity index (χ4v) is 4.81. The van der Waals surface area contributed by atoms with Crippen molar-refractivity contribution in [3.63, 3.8) is 0 Å². The number of anilines is 1. The maximum atomic E-state index is 12.3. The number of sulfonamides is 1. The van der Waals surface area contributed by atoms with Crippen LogP contribution in [0.3, 0.4) is 0 Å². The fraction of sp³-hybridized carbons (Fsp3) is 0. The third-order valence-corrected chi connectivity index (χ3v) is 6.63. The summed E-state index contributed by atoms with van der Waals surface area (Å²) < 4.78 is 29.3. The SMILES string of the molecule is O=S(=O)(Nc1ccc(-n2cccc2)cc1)c1cc(Cl)c(Cl)s1. The molecule has 3 aromatic rings. The predicted octanol–water partition coefficient (Wildman–Crippen LogP) is 4.65. The molecule has 1 N–H and O–H groups in total. The molecule has 0 bridgehead atoms. The number of thiophene rings is 1. The summed E-state index contributed by atoms with van der Waals surface area (Å²) in [7, 11) is -3.69. The lowest BCUT2D eigenvalue weighted by Gasteiger charge is -2.08. The van der Waals surface area contributed by atoms with Gasteiger partial charge >= 0.3 is 0 Å². The molecule has 0 saturated heterocycles. The number of hydrogen-bond donors (Lipinski definition) is 1. The zero-order chi connectivity index (χ0) is 15.7. The van der Waals surface area contributed by atoms with Crippen LogP contribution in [0.5, 0.6) is 0 Å². The van der Waals surface area contributed by atoms with Crippen LogP contribution in [0.25, 0.3) is 5.69 Å². The number of rotatable bonds is 4. The molecule has 0 aliphatic heterocycles. The van der Waals surface area contributed by atoms with Gasteiger partial charge in [-0.05, 0) is 42.5 Å². The summed E-state index contributed by atoms with van der Waals surface area (Å²) in [5.74, 6) is 0. The zero-order valence-electron chi connectivity index (χ0n) is 11.0. The van der Waals surface area contributed by atoms with Crippen LogP contribution in [0, 0.1) is 0 Å². The second-order valence-corrected chi connectivity index (χ2v) is 8.40. The van der Waals surface area contributed by atoms with Gasteiger partial charge in [-0.1, -0.05) is 23.2 Å². The van der Waals surface area contributed by atoms with Gasteiger partial charge in [0.05, 0.1) is 5.02 Å². The van der Waals surface area contributed by atoms with Gasteiger partial charge in [0.2, 0.25) is 0 Å². The normalized spacial score (nSPS) is 11.5. The van der Waals surface area contributed by atoms with Gasteiger partial charge in [-0.2, -0.15) is 0 Å². The van der Waals surface area contributed by atoms with E-state index in [9.17, 15) is 8.42 Å². The molecule has 2 heterocycles. The molecule has 0 spiro atoms. The summed E-state index contributed by atoms with van der Waals surface area (Å²) >= 11 is 12.5. The molecule has 0 saturated carbocycles. The van der Waals surface area contributed by atoms with Crippen LogP contribution < -0.4 is 4.72 Å². The van der Waals surface area contributed by atoms with E-state index < -0.39 is 10.0 Å². The van der Waals surface area contributed by atoms with E-state index in [1.54, 1.807) is 12.1 Å². The van der Waals surface area contributed by atoms with Crippen molar-refractivity contribution < 1.29 is 8.42 Å². The molecule has 0 aliphatic rings. The van der Waals surface area contributed by atoms with Crippen molar-refractivity contribution in [3.8, 4) is 5.69 Å². The fourth-order valence-electron chi connectivity index (χ4n) is 1.87. The Kier molecular flexibility index (Phi) is 4.18. The highest BCUT2D eigenvalue weighted by Crippen LogP contribution is 2.35. The Morgan fingerprint density at radius 3 is 2.23 bits per heavy atom. The minimum absolute atomic E-state index is 0.0805. The van der Waals surface area contributed by atoms with Gasteiger partial charge in [0.1, 0.15) is 8.55 Å². The Labute approximate surface area is 142 Å². The van der Waals surface area contributed by atoms with Gasteiger partial charge in [0.15, 0.2) is 0 Å². The Bertz CT molecular complexity index is 866. The molecule has 0 radical (unpaired) electrons. The van der Waals surface area contributed by atoms with Crippen LogP contribution in [-0.2, 0) is 10.0 Å². The first-order valence-corrected chi connectivity index (χ1v) is 9.22. The quantitative estimate of drug-likeness (QED) is 0.724. The number of nitrogens with one attached hydrogen (secondary N) is 1. The summed E-state index contributed by atoms with van der Waals surface area (Å²) in [5, 5.41) is 0.231. The van der Waals surface area contributed by atoms with E-state index in [4.69, 9.17) is 23.2 Å². The standard InChI is InChI=1S/C14H10Cl2N2O2S2/c15-12-9-13(21-14(12)16)22(19,20)17-10-3-5-11(6-4-10)18-7-1-2-8-18/h1-9,17H. The highest BCUT2D eigenvalue weighted by molar-refractivity contribution is 7.94. The van der Waals surface area contributed by atoms with Gasteiger partial charge in [-0.25, -0.2) is 8.42 Å². The predicted molar refractivity (Wildman–Crippen MR) is 90.9 cm³/mol. The average Bonchev–Trinajstić information content (AvgIpc) is 3.11. The van der Waals surface area contributed by atoms with E-state index in [1.165, 1.54) is 6.07 Å². The largest absolute Gasteiger partial charge is 0.324 e. The lowest BCUT2D eigenvalue weighted by Crippen LogP contribution is -2.11. The Morgan fingerprint density at radius 2 is 1.68 bits per heavy atom. The molecule has 22 heavy (non-hydrogen) atoms. The Hall–Kier alpha value is -1.47. The second kappa shape index (κ2) is 5.96. The molecule has 8 heteroatoms. The average molecular weight is 373 g/mol. The number of hydrogen-bond acceptors (Lipinski definition) is 3. The summed E-state index contributed by atoms with van der Waals surface area (Å²) in [6.07, 6.45) is 3.82. The van der Waals surface area contributed by atoms with Crippen LogP contribution >= 0.6 is 34.5 Å². The lowest BCUT2D eigenvalue weighted by atomic mass is 10.3. The van der Waals surface area contributed by atoms with Gasteiger partial charge in [-0.3, -0.25) is 4.72 Å². The van der Waals surface area contributed by atoms with E-state index in [1.807, 2.05) is 41.2 Å². The Morgan fingerprint density at radius 1 is 1.05 bits per heavy atom. The molecule has 2 aromatic heterocycles. The third-order valence-electron chi connectivity index (χ3n) is 2.91. The number of halogens is 2. The minimum Gasteiger partial charge on any atom is -0.324 e. The molecule has 114 valence electrons. The monoisotopic (exact) mass is 372 g/mol. The maximum Gasteiger partial charge on any atom is 0.271 e. The molecule has 1 aromatic carbocycles. The molecule has 4 nitrogen and oxygen atoms in total. The highest BCUT2D eigenvalue weighted by Gasteiger charge is 2.19. The van der Waals surface area contributed by atoms with E-state index in [0.29, 0.717) is 5.69 Å². The molecular weight excluding hydrogens is 363 g/mol. The van der Waals surface area contributed by atoms with Crippen LogP contribution in [0.2, 0.25) is 9.36 Å². The third kappa shape index (κ3) is 3.15. The van der Waals surface area contributed by atoms with Gasteiger partial charge < -0.3 is 4.57 Å². The molecule has 0 aliphatic carbocycles. The van der Waals surface area contributed by atoms with Crippen molar-refractivity contribution in [2.24, 2.45) is 0 Å². The van der Waals surface area contributed by atoms with Gasteiger partial charge in [-0.15, -0.1) is 11.3 Å². The first-order chi connectivity index (χ1) is 10.5. The van der Waals surface area contributed by atoms with Crippen molar-refractivity contribution in [1.29, 1.82) is 0 Å². The summed E-state index contributed by atoms with van der Waals surface area (Å²) in [6, 6.07) is 12.2. The van der Waals surface area contributed by atoms with E-state index in [2.05, 4.69) is 4.72 Å². The molecular formula is C14H10Cl2N2O2S2. The first kappa shape index (κ1) is 15.4. The van der Waals surface area contributed by atoms with Crippen molar-refractivity contribution in [1.82, 2.24) is 4.57 Å². The van der Waals surface area contributed by atoms with Crippen molar-refractivity contribution in [2.75, 3.05) is 4.72 Å². The van der Waals surface area contributed by atoms with E-state index in [-0.39, 0.29) is 13.6 Å². The van der Waals surface area contributed by atoms with Gasteiger partial charge in [0.25, 0.3) is 10.0 Å². The molecule has 0 atom stereocenters. The zero-order valence-corrected chi connectivity index (χ0v) is 14.2. The highest BCUT2D eigenvalue weighted by atomic mass is 35.5. The molecule has 0 fully saturated rings. The summed E-state index contributed by atoms with van der Waals surface area (Å²) in [5.41, 5.74) is 1.41. The molecule has 0 unspecified atom stereocenters. The molecule has 3 rings (SSSR count). The number of nitrogens with zero attached hydrogens (tertiary/aromatic N) is 1. The van der Waals surface area contributed by atoms with Crippen LogP contribution in [0.15, 0.2) is 59.1 Å². The van der Waals surface area contributed by atoms with Crippen LogP contribution in [0.1, 0.15) is 0 Å². The second-order valence-electron chi connectivity index (χ2n) is 4.43. The number of aromatic nitrogens is 1. The van der Waals surface area contributed by atoms with Crippen molar-refractivity contribution in [3.05, 3.63) is 64.2 Å². The first-order valence-electron chi connectivity index (χ1n) is 6.17. The molecule has 0 amide bonds. The lowest BCUT2D eigenvalue weighted by molar-refractivity contribution is 0.603. The summed E-state index contributed by atoms with van der Waals surface area (Å²) in [4.78, 5) is 0. The van der Waals surface area contributed by atoms with Gasteiger partial charge in [0, 0.05) is 23.8 Å². The van der Waals surface area contributed by atoms with E-state index >= 15 is 0 Å². The van der Waals surface area contributed by atoms with Crippen LogP contribution in [-0.4, -0.2) is 13.0 Å². The van der Waals surface area contributed by atoms with Crippen LogP contribution in [0.4, 0.5) is 5.69 Å². The van der Waals surface area contributed by atoms with E-state index in [0.717, 1.165) is 17.0 Å². The van der Waals surface area contributed by atoms with Crippen molar-refractivity contribution >= 4 is 50.2 Å². The van der Waals surface area contributed by atoms with Crippen molar-refractivity contribution in [2.45, 2.75) is 4.21 Å². The number of benzene rings is 1. The smallest absolute Gasteiger partial charge is 0.271 e. The maximum absolute atomic E-state index is 12.3. The Balaban J connectivity index is 1.83. The topological polar surface area (TPSA) is 51.1 Å².